The summed E-state index contributed by atoms with van der Waals surface area (Å²) >= 11 is 1.74. The minimum absolute atomic E-state index is 0. The highest BCUT2D eigenvalue weighted by atomic mass is 127. The lowest BCUT2D eigenvalue weighted by Crippen LogP contribution is -2.45. The van der Waals surface area contributed by atoms with Gasteiger partial charge in [0, 0.05) is 45.3 Å². The van der Waals surface area contributed by atoms with E-state index in [1.165, 1.54) is 11.1 Å². The van der Waals surface area contributed by atoms with E-state index in [2.05, 4.69) is 56.4 Å². The number of methoxy groups -OCH3 is 2. The summed E-state index contributed by atoms with van der Waals surface area (Å²) in [6.45, 7) is 6.03. The van der Waals surface area contributed by atoms with Crippen molar-refractivity contribution >= 4 is 41.3 Å². The molecule has 3 rings (SSSR count). The highest BCUT2D eigenvalue weighted by molar-refractivity contribution is 14.0. The molecule has 0 radical (unpaired) electrons. The van der Waals surface area contributed by atoms with Crippen molar-refractivity contribution in [3.8, 4) is 11.5 Å². The maximum Gasteiger partial charge on any atom is 0.191 e. The Morgan fingerprint density at radius 2 is 2.00 bits per heavy atom. The van der Waals surface area contributed by atoms with Crippen LogP contribution in [-0.4, -0.2) is 57.8 Å². The minimum Gasteiger partial charge on any atom is -0.497 e. The molecular weight excluding hydrogens is 511 g/mol. The van der Waals surface area contributed by atoms with Gasteiger partial charge in [0.05, 0.1) is 14.2 Å². The highest BCUT2D eigenvalue weighted by Crippen LogP contribution is 2.24. The van der Waals surface area contributed by atoms with E-state index in [4.69, 9.17) is 9.47 Å². The summed E-state index contributed by atoms with van der Waals surface area (Å²) in [5.41, 5.74) is 2.58. The van der Waals surface area contributed by atoms with Crippen molar-refractivity contribution in [3.05, 3.63) is 46.2 Å². The lowest BCUT2D eigenvalue weighted by atomic mass is 10.1. The fraction of sp³-hybridized carbons (Fsp3) is 0.500. The number of hydrogen-bond acceptors (Lipinski definition) is 5. The number of hydrogen-bond donors (Lipinski definition) is 2. The molecule has 2 aromatic rings. The van der Waals surface area contributed by atoms with Crippen molar-refractivity contribution in [3.63, 3.8) is 0 Å². The van der Waals surface area contributed by atoms with Crippen LogP contribution in [0.25, 0.3) is 0 Å². The van der Waals surface area contributed by atoms with Crippen LogP contribution in [0.2, 0.25) is 0 Å². The predicted molar refractivity (Wildman–Crippen MR) is 136 cm³/mol. The summed E-state index contributed by atoms with van der Waals surface area (Å²) in [5.74, 6) is 3.00. The summed E-state index contributed by atoms with van der Waals surface area (Å²) in [6, 6.07) is 8.65. The molecule has 1 aromatic heterocycles. The fourth-order valence-electron chi connectivity index (χ4n) is 3.62. The van der Waals surface area contributed by atoms with E-state index < -0.39 is 0 Å². The summed E-state index contributed by atoms with van der Waals surface area (Å²) in [6.07, 6.45) is 1.10. The Labute approximate surface area is 201 Å². The van der Waals surface area contributed by atoms with Gasteiger partial charge >= 0.3 is 0 Å². The zero-order valence-corrected chi connectivity index (χ0v) is 21.3. The quantitative estimate of drug-likeness (QED) is 0.300. The third-order valence-electron chi connectivity index (χ3n) is 5.34. The Balaban J connectivity index is 0.00000320. The molecule has 2 atom stereocenters. The van der Waals surface area contributed by atoms with Crippen LogP contribution in [-0.2, 0) is 6.54 Å². The van der Waals surface area contributed by atoms with Gasteiger partial charge in [0.2, 0.25) is 0 Å². The Morgan fingerprint density at radius 1 is 1.27 bits per heavy atom. The van der Waals surface area contributed by atoms with E-state index in [0.29, 0.717) is 12.0 Å². The molecule has 1 aromatic carbocycles. The molecule has 1 aliphatic heterocycles. The second-order valence-corrected chi connectivity index (χ2v) is 8.28. The van der Waals surface area contributed by atoms with Gasteiger partial charge in [-0.3, -0.25) is 9.89 Å². The Morgan fingerprint density at radius 3 is 2.60 bits per heavy atom. The van der Waals surface area contributed by atoms with Gasteiger partial charge in [-0.05, 0) is 52.4 Å². The summed E-state index contributed by atoms with van der Waals surface area (Å²) in [5, 5.41) is 11.4. The lowest BCUT2D eigenvalue weighted by Gasteiger charge is -2.20. The minimum atomic E-state index is 0. The molecule has 0 amide bonds. The van der Waals surface area contributed by atoms with E-state index in [1.807, 2.05) is 13.1 Å². The summed E-state index contributed by atoms with van der Waals surface area (Å²) < 4.78 is 10.8. The number of benzene rings is 1. The van der Waals surface area contributed by atoms with E-state index in [1.54, 1.807) is 25.6 Å². The number of halogens is 1. The monoisotopic (exact) mass is 544 g/mol. The summed E-state index contributed by atoms with van der Waals surface area (Å²) in [7, 11) is 5.21. The average Bonchev–Trinajstić information content (AvgIpc) is 3.42. The van der Waals surface area contributed by atoms with Crippen molar-refractivity contribution < 1.29 is 9.47 Å². The maximum atomic E-state index is 5.39. The van der Waals surface area contributed by atoms with Crippen molar-refractivity contribution in [2.24, 2.45) is 4.99 Å². The van der Waals surface area contributed by atoms with Crippen LogP contribution < -0.4 is 20.1 Å². The third-order valence-corrected chi connectivity index (χ3v) is 6.04. The molecule has 8 heteroatoms. The molecule has 0 bridgehead atoms. The number of guanidine groups is 1. The molecule has 6 nitrogen and oxygen atoms in total. The molecule has 2 N–H and O–H groups in total. The van der Waals surface area contributed by atoms with Gasteiger partial charge in [-0.1, -0.05) is 6.92 Å². The predicted octanol–water partition coefficient (Wildman–Crippen LogP) is 3.93. The van der Waals surface area contributed by atoms with Crippen LogP contribution in [0, 0.1) is 0 Å². The molecule has 1 fully saturated rings. The number of rotatable bonds is 8. The highest BCUT2D eigenvalue weighted by Gasteiger charge is 2.23. The van der Waals surface area contributed by atoms with Crippen molar-refractivity contribution in [2.45, 2.75) is 31.8 Å². The van der Waals surface area contributed by atoms with Gasteiger partial charge in [0.25, 0.3) is 0 Å². The molecule has 0 spiro atoms. The number of nitrogens with zero attached hydrogens (tertiary/aromatic N) is 2. The standard InChI is InChI=1S/C22H32N4O2S.HI/c1-16(18-6-8-29-15-18)12-24-22(23-2)25-19-5-7-26(14-19)13-17-9-20(27-3)11-21(10-17)28-4;/h6,8-11,15-16,19H,5,7,12-14H2,1-4H3,(H2,23,24,25);1H. The van der Waals surface area contributed by atoms with Crippen LogP contribution in [0.4, 0.5) is 0 Å². The third kappa shape index (κ3) is 7.02. The number of nitrogens with one attached hydrogen (secondary N) is 2. The first-order chi connectivity index (χ1) is 14.1. The normalized spacial score (nSPS) is 17.9. The zero-order chi connectivity index (χ0) is 20.6. The molecule has 2 unspecified atom stereocenters. The van der Waals surface area contributed by atoms with Gasteiger partial charge in [-0.2, -0.15) is 11.3 Å². The van der Waals surface area contributed by atoms with Crippen LogP contribution >= 0.6 is 35.3 Å². The fourth-order valence-corrected chi connectivity index (χ4v) is 4.40. The van der Waals surface area contributed by atoms with Crippen molar-refractivity contribution in [1.82, 2.24) is 15.5 Å². The van der Waals surface area contributed by atoms with Gasteiger partial charge < -0.3 is 20.1 Å². The number of ether oxygens (including phenoxy) is 2. The molecule has 1 aliphatic rings. The zero-order valence-electron chi connectivity index (χ0n) is 18.2. The average molecular weight is 545 g/mol. The van der Waals surface area contributed by atoms with Gasteiger partial charge in [-0.15, -0.1) is 24.0 Å². The Bertz CT molecular complexity index is 778. The van der Waals surface area contributed by atoms with Gasteiger partial charge in [0.1, 0.15) is 11.5 Å². The van der Waals surface area contributed by atoms with Crippen LogP contribution in [0.5, 0.6) is 11.5 Å². The van der Waals surface area contributed by atoms with E-state index in [9.17, 15) is 0 Å². The molecule has 1 saturated heterocycles. The smallest absolute Gasteiger partial charge is 0.191 e. The maximum absolute atomic E-state index is 5.39. The van der Waals surface area contributed by atoms with Crippen LogP contribution in [0.3, 0.4) is 0 Å². The molecule has 0 saturated carbocycles. The van der Waals surface area contributed by atoms with Gasteiger partial charge in [-0.25, -0.2) is 0 Å². The van der Waals surface area contributed by atoms with E-state index in [0.717, 1.165) is 50.1 Å². The SMILES string of the molecule is CN=C(NCC(C)c1ccsc1)NC1CCN(Cc2cc(OC)cc(OC)c2)C1.I. The molecular formula is C22H33IN4O2S. The van der Waals surface area contributed by atoms with Gasteiger partial charge in [0.15, 0.2) is 5.96 Å². The number of likely N-dealkylation sites (tertiary alicyclic amines) is 1. The van der Waals surface area contributed by atoms with E-state index >= 15 is 0 Å². The lowest BCUT2D eigenvalue weighted by molar-refractivity contribution is 0.321. The first kappa shape index (κ1) is 24.7. The molecule has 0 aliphatic carbocycles. The largest absolute Gasteiger partial charge is 0.497 e. The van der Waals surface area contributed by atoms with Crippen LogP contribution in [0.15, 0.2) is 40.0 Å². The van der Waals surface area contributed by atoms with E-state index in [-0.39, 0.29) is 24.0 Å². The molecule has 166 valence electrons. The number of thiophene rings is 1. The molecule has 2 heterocycles. The number of aliphatic imine (C=N–C) groups is 1. The van der Waals surface area contributed by atoms with Crippen molar-refractivity contribution in [1.29, 1.82) is 0 Å². The first-order valence-corrected chi connectivity index (χ1v) is 11.0. The second kappa shape index (κ2) is 12.4. The van der Waals surface area contributed by atoms with Crippen LogP contribution in [0.1, 0.15) is 30.4 Å². The topological polar surface area (TPSA) is 58.1 Å². The molecule has 30 heavy (non-hydrogen) atoms. The summed E-state index contributed by atoms with van der Waals surface area (Å²) in [4.78, 5) is 6.86. The Kier molecular flexibility index (Phi) is 10.2. The second-order valence-electron chi connectivity index (χ2n) is 7.50. The first-order valence-electron chi connectivity index (χ1n) is 10.0. The Hall–Kier alpha value is -1.52. The van der Waals surface area contributed by atoms with Crippen molar-refractivity contribution in [2.75, 3.05) is 40.9 Å².